The molecule has 0 radical (unpaired) electrons. The van der Waals surface area contributed by atoms with Gasteiger partial charge < -0.3 is 24.1 Å². The number of oxazole rings is 1. The highest BCUT2D eigenvalue weighted by atomic mass is 16.5. The summed E-state index contributed by atoms with van der Waals surface area (Å²) in [5.41, 5.74) is 2.92. The molecule has 1 aromatic carbocycles. The first-order chi connectivity index (χ1) is 13.4. The van der Waals surface area contributed by atoms with Gasteiger partial charge in [0, 0.05) is 25.4 Å². The lowest BCUT2D eigenvalue weighted by Crippen LogP contribution is -2.36. The van der Waals surface area contributed by atoms with Crippen LogP contribution in [-0.4, -0.2) is 48.8 Å². The number of urea groups is 1. The van der Waals surface area contributed by atoms with E-state index in [1.165, 1.54) is 13.4 Å². The van der Waals surface area contributed by atoms with E-state index in [0.717, 1.165) is 16.8 Å². The molecule has 0 fully saturated rings. The molecule has 0 aliphatic heterocycles. The van der Waals surface area contributed by atoms with E-state index in [2.05, 4.69) is 15.0 Å². The van der Waals surface area contributed by atoms with E-state index in [0.29, 0.717) is 26.2 Å². The van der Waals surface area contributed by atoms with E-state index in [1.807, 2.05) is 39.0 Å². The van der Waals surface area contributed by atoms with Crippen LogP contribution in [0.25, 0.3) is 0 Å². The van der Waals surface area contributed by atoms with Crippen molar-refractivity contribution >= 4 is 17.7 Å². The quantitative estimate of drug-likeness (QED) is 0.521. The largest absolute Gasteiger partial charge is 0.464 e. The van der Waals surface area contributed by atoms with Crippen LogP contribution in [0, 0.1) is 13.8 Å². The number of aromatic nitrogens is 1. The molecular weight excluding hydrogens is 362 g/mol. The van der Waals surface area contributed by atoms with Gasteiger partial charge in [-0.1, -0.05) is 17.7 Å². The maximum Gasteiger partial charge on any atom is 0.360 e. The van der Waals surface area contributed by atoms with E-state index >= 15 is 0 Å². The summed E-state index contributed by atoms with van der Waals surface area (Å²) < 4.78 is 15.3. The van der Waals surface area contributed by atoms with Crippen molar-refractivity contribution in [3.8, 4) is 0 Å². The standard InChI is InChI=1S/C20H27N3O5/c1-5-27-10-6-9-23(12-18-21-17(13-28-18)19(24)26-4)20(25)22-16-8-7-14(2)11-15(16)3/h7-8,11,13H,5-6,9-10,12H2,1-4H3,(H,22,25). The number of ether oxygens (including phenoxy) is 2. The Kier molecular flexibility index (Phi) is 8.01. The molecule has 0 aliphatic carbocycles. The average Bonchev–Trinajstić information content (AvgIpc) is 3.14. The number of carbonyl (C=O) groups is 2. The number of esters is 1. The predicted octanol–water partition coefficient (Wildman–Crippen LogP) is 3.54. The van der Waals surface area contributed by atoms with Crippen LogP contribution in [0.2, 0.25) is 0 Å². The topological polar surface area (TPSA) is 93.9 Å². The molecule has 1 N–H and O–H groups in total. The zero-order valence-electron chi connectivity index (χ0n) is 16.8. The number of nitrogens with zero attached hydrogens (tertiary/aromatic N) is 2. The van der Waals surface area contributed by atoms with Gasteiger partial charge in [-0.05, 0) is 38.8 Å². The van der Waals surface area contributed by atoms with Gasteiger partial charge in [-0.15, -0.1) is 0 Å². The van der Waals surface area contributed by atoms with E-state index in [-0.39, 0.29) is 24.2 Å². The van der Waals surface area contributed by atoms with Gasteiger partial charge in [-0.2, -0.15) is 0 Å². The van der Waals surface area contributed by atoms with Crippen LogP contribution in [0.3, 0.4) is 0 Å². The lowest BCUT2D eigenvalue weighted by atomic mass is 10.1. The number of carbonyl (C=O) groups excluding carboxylic acids is 2. The number of hydrogen-bond acceptors (Lipinski definition) is 6. The number of methoxy groups -OCH3 is 1. The third kappa shape index (κ3) is 6.09. The monoisotopic (exact) mass is 389 g/mol. The van der Waals surface area contributed by atoms with Crippen molar-refractivity contribution in [2.45, 2.75) is 33.7 Å². The van der Waals surface area contributed by atoms with Crippen LogP contribution in [0.4, 0.5) is 10.5 Å². The minimum atomic E-state index is -0.586. The molecular formula is C20H27N3O5. The molecule has 2 amide bonds. The molecule has 1 heterocycles. The number of anilines is 1. The molecule has 0 atom stereocenters. The van der Waals surface area contributed by atoms with Crippen molar-refractivity contribution in [2.24, 2.45) is 0 Å². The number of aryl methyl sites for hydroxylation is 2. The van der Waals surface area contributed by atoms with E-state index < -0.39 is 5.97 Å². The maximum atomic E-state index is 12.8. The highest BCUT2D eigenvalue weighted by molar-refractivity contribution is 5.90. The summed E-state index contributed by atoms with van der Waals surface area (Å²) in [6.45, 7) is 7.61. The Bertz CT molecular complexity index is 803. The first-order valence-electron chi connectivity index (χ1n) is 9.18. The third-order valence-electron chi connectivity index (χ3n) is 4.10. The van der Waals surface area contributed by atoms with Crippen molar-refractivity contribution in [3.05, 3.63) is 47.2 Å². The van der Waals surface area contributed by atoms with Gasteiger partial charge in [0.1, 0.15) is 6.26 Å². The van der Waals surface area contributed by atoms with Crippen molar-refractivity contribution < 1.29 is 23.5 Å². The molecule has 2 rings (SSSR count). The Morgan fingerprint density at radius 3 is 2.75 bits per heavy atom. The van der Waals surface area contributed by atoms with Gasteiger partial charge in [0.15, 0.2) is 5.69 Å². The summed E-state index contributed by atoms with van der Waals surface area (Å²) in [4.78, 5) is 30.0. The van der Waals surface area contributed by atoms with E-state index in [9.17, 15) is 9.59 Å². The maximum absolute atomic E-state index is 12.8. The minimum Gasteiger partial charge on any atom is -0.464 e. The Morgan fingerprint density at radius 1 is 1.29 bits per heavy atom. The molecule has 8 heteroatoms. The Morgan fingerprint density at radius 2 is 2.07 bits per heavy atom. The zero-order chi connectivity index (χ0) is 20.5. The second kappa shape index (κ2) is 10.5. The smallest absolute Gasteiger partial charge is 0.360 e. The molecule has 2 aromatic rings. The number of hydrogen-bond donors (Lipinski definition) is 1. The van der Waals surface area contributed by atoms with Crippen molar-refractivity contribution in [3.63, 3.8) is 0 Å². The fraction of sp³-hybridized carbons (Fsp3) is 0.450. The van der Waals surface area contributed by atoms with Crippen molar-refractivity contribution in [1.82, 2.24) is 9.88 Å². The number of rotatable bonds is 9. The molecule has 1 aromatic heterocycles. The number of nitrogens with one attached hydrogen (secondary N) is 1. The highest BCUT2D eigenvalue weighted by Crippen LogP contribution is 2.17. The summed E-state index contributed by atoms with van der Waals surface area (Å²) in [6.07, 6.45) is 1.89. The Balaban J connectivity index is 2.09. The summed E-state index contributed by atoms with van der Waals surface area (Å²) in [5, 5.41) is 2.92. The lowest BCUT2D eigenvalue weighted by molar-refractivity contribution is 0.0594. The summed E-state index contributed by atoms with van der Waals surface area (Å²) >= 11 is 0. The second-order valence-electron chi connectivity index (χ2n) is 6.34. The van der Waals surface area contributed by atoms with Crippen LogP contribution in [0.5, 0.6) is 0 Å². The van der Waals surface area contributed by atoms with Gasteiger partial charge in [0.05, 0.1) is 13.7 Å². The van der Waals surface area contributed by atoms with E-state index in [1.54, 1.807) is 4.90 Å². The summed E-state index contributed by atoms with van der Waals surface area (Å²) in [5.74, 6) is -0.329. The predicted molar refractivity (Wildman–Crippen MR) is 104 cm³/mol. The van der Waals surface area contributed by atoms with Gasteiger partial charge in [0.25, 0.3) is 0 Å². The molecule has 28 heavy (non-hydrogen) atoms. The van der Waals surface area contributed by atoms with Crippen LogP contribution in [-0.2, 0) is 16.0 Å². The first-order valence-corrected chi connectivity index (χ1v) is 9.18. The molecule has 0 unspecified atom stereocenters. The van der Waals surface area contributed by atoms with Crippen LogP contribution < -0.4 is 5.32 Å². The number of amides is 2. The molecule has 0 bridgehead atoms. The van der Waals surface area contributed by atoms with Gasteiger partial charge in [-0.25, -0.2) is 14.6 Å². The summed E-state index contributed by atoms with van der Waals surface area (Å²) in [7, 11) is 1.27. The fourth-order valence-corrected chi connectivity index (χ4v) is 2.65. The third-order valence-corrected chi connectivity index (χ3v) is 4.10. The van der Waals surface area contributed by atoms with Crippen molar-refractivity contribution in [2.75, 3.05) is 32.2 Å². The van der Waals surface area contributed by atoms with Gasteiger partial charge >= 0.3 is 12.0 Å². The van der Waals surface area contributed by atoms with Crippen LogP contribution >= 0.6 is 0 Å². The molecule has 0 aliphatic rings. The molecule has 8 nitrogen and oxygen atoms in total. The average molecular weight is 389 g/mol. The lowest BCUT2D eigenvalue weighted by Gasteiger charge is -2.22. The highest BCUT2D eigenvalue weighted by Gasteiger charge is 2.19. The van der Waals surface area contributed by atoms with Crippen molar-refractivity contribution in [1.29, 1.82) is 0 Å². The van der Waals surface area contributed by atoms with E-state index in [4.69, 9.17) is 9.15 Å². The van der Waals surface area contributed by atoms with Crippen LogP contribution in [0.15, 0.2) is 28.9 Å². The molecule has 0 saturated heterocycles. The SMILES string of the molecule is CCOCCCN(Cc1nc(C(=O)OC)co1)C(=O)Nc1ccc(C)cc1C. The molecule has 0 saturated carbocycles. The Labute approximate surface area is 164 Å². The van der Waals surface area contributed by atoms with Gasteiger partial charge in [-0.3, -0.25) is 0 Å². The molecule has 152 valence electrons. The van der Waals surface area contributed by atoms with Crippen LogP contribution in [0.1, 0.15) is 40.9 Å². The molecule has 0 spiro atoms. The van der Waals surface area contributed by atoms with Gasteiger partial charge in [0.2, 0.25) is 5.89 Å². The fourth-order valence-electron chi connectivity index (χ4n) is 2.65. The first kappa shape index (κ1) is 21.4. The normalized spacial score (nSPS) is 10.6. The number of benzene rings is 1. The minimum absolute atomic E-state index is 0.0709. The zero-order valence-corrected chi connectivity index (χ0v) is 16.8. The second-order valence-corrected chi connectivity index (χ2v) is 6.34. The summed E-state index contributed by atoms with van der Waals surface area (Å²) in [6, 6.07) is 5.55. The Hall–Kier alpha value is -2.87.